The van der Waals surface area contributed by atoms with Crippen LogP contribution in [0.15, 0.2) is 24.4 Å². The lowest BCUT2D eigenvalue weighted by atomic mass is 10.4. The third kappa shape index (κ3) is 18.9. The second kappa shape index (κ2) is 15.7. The first-order valence-electron chi connectivity index (χ1n) is 3.45. The fraction of sp³-hybridized carbons (Fsp3) is 0.500. The zero-order valence-corrected chi connectivity index (χ0v) is 6.59. The molecule has 1 nitrogen and oxygen atoms in total. The standard InChI is InChI=1S/C6H11N.C2H6/c1-2-3-4-5-6-7;1-2/h3-6H,2,7H2,1H3;1-2H3. The molecular weight excluding hydrogens is 110 g/mol. The highest BCUT2D eigenvalue weighted by atomic mass is 14.5. The van der Waals surface area contributed by atoms with Crippen molar-refractivity contribution in [1.29, 1.82) is 0 Å². The lowest BCUT2D eigenvalue weighted by Crippen LogP contribution is -1.71. The van der Waals surface area contributed by atoms with Gasteiger partial charge in [0.15, 0.2) is 0 Å². The van der Waals surface area contributed by atoms with Crippen molar-refractivity contribution >= 4 is 0 Å². The molecule has 0 aliphatic heterocycles. The van der Waals surface area contributed by atoms with Crippen molar-refractivity contribution in [3.63, 3.8) is 0 Å². The van der Waals surface area contributed by atoms with Crippen LogP contribution < -0.4 is 5.73 Å². The molecule has 0 amide bonds. The molecule has 0 aliphatic rings. The first-order valence-corrected chi connectivity index (χ1v) is 3.45. The molecule has 1 heteroatoms. The van der Waals surface area contributed by atoms with E-state index in [9.17, 15) is 0 Å². The van der Waals surface area contributed by atoms with Gasteiger partial charge in [0.1, 0.15) is 0 Å². The molecule has 0 aromatic heterocycles. The van der Waals surface area contributed by atoms with Crippen molar-refractivity contribution < 1.29 is 0 Å². The Hall–Kier alpha value is -0.720. The van der Waals surface area contributed by atoms with Crippen LogP contribution in [-0.2, 0) is 0 Å². The maximum absolute atomic E-state index is 5.04. The molecule has 0 rings (SSSR count). The minimum atomic E-state index is 1.07. The summed E-state index contributed by atoms with van der Waals surface area (Å²) in [6.07, 6.45) is 8.38. The van der Waals surface area contributed by atoms with Crippen molar-refractivity contribution in [2.75, 3.05) is 0 Å². The smallest absolute Gasteiger partial charge is 0.00625 e. The molecular formula is C8H17N. The van der Waals surface area contributed by atoms with Gasteiger partial charge in [0.2, 0.25) is 0 Å². The van der Waals surface area contributed by atoms with E-state index in [1.807, 2.05) is 32.1 Å². The third-order valence-corrected chi connectivity index (χ3v) is 0.594. The van der Waals surface area contributed by atoms with Crippen molar-refractivity contribution in [3.8, 4) is 0 Å². The van der Waals surface area contributed by atoms with Crippen LogP contribution in [0.2, 0.25) is 0 Å². The molecule has 2 N–H and O–H groups in total. The van der Waals surface area contributed by atoms with Crippen LogP contribution in [0.5, 0.6) is 0 Å². The molecule has 0 saturated carbocycles. The van der Waals surface area contributed by atoms with Crippen LogP contribution in [-0.4, -0.2) is 0 Å². The predicted molar refractivity (Wildman–Crippen MR) is 44.1 cm³/mol. The van der Waals surface area contributed by atoms with Crippen molar-refractivity contribution in [3.05, 3.63) is 24.4 Å². The molecule has 0 bridgehead atoms. The number of allylic oxidation sites excluding steroid dienone is 3. The summed E-state index contributed by atoms with van der Waals surface area (Å²) >= 11 is 0. The maximum atomic E-state index is 5.04. The summed E-state index contributed by atoms with van der Waals surface area (Å²) < 4.78 is 0. The molecule has 0 aromatic rings. The van der Waals surface area contributed by atoms with Crippen LogP contribution in [0.4, 0.5) is 0 Å². The van der Waals surface area contributed by atoms with Gasteiger partial charge in [-0.1, -0.05) is 32.9 Å². The van der Waals surface area contributed by atoms with Crippen molar-refractivity contribution in [2.24, 2.45) is 5.73 Å². The first-order chi connectivity index (χ1) is 4.41. The van der Waals surface area contributed by atoms with E-state index < -0.39 is 0 Å². The SMILES string of the molecule is CC.CCC=CC=CN. The molecule has 0 aliphatic carbocycles. The minimum Gasteiger partial charge on any atom is -0.405 e. The Labute approximate surface area is 58.3 Å². The highest BCUT2D eigenvalue weighted by molar-refractivity contribution is 4.99. The third-order valence-electron chi connectivity index (χ3n) is 0.594. The highest BCUT2D eigenvalue weighted by Crippen LogP contribution is 1.77. The average Bonchev–Trinajstić information content (AvgIpc) is 1.94. The Morgan fingerprint density at radius 3 is 2.11 bits per heavy atom. The van der Waals surface area contributed by atoms with Gasteiger partial charge in [-0.15, -0.1) is 0 Å². The largest absolute Gasteiger partial charge is 0.405 e. The molecule has 0 aromatic carbocycles. The zero-order valence-electron chi connectivity index (χ0n) is 6.59. The van der Waals surface area contributed by atoms with E-state index >= 15 is 0 Å². The van der Waals surface area contributed by atoms with Crippen LogP contribution in [0, 0.1) is 0 Å². The van der Waals surface area contributed by atoms with Gasteiger partial charge < -0.3 is 5.73 Å². The molecule has 0 saturated heterocycles. The summed E-state index contributed by atoms with van der Waals surface area (Å²) in [6, 6.07) is 0. The molecule has 9 heavy (non-hydrogen) atoms. The Morgan fingerprint density at radius 1 is 1.22 bits per heavy atom. The van der Waals surface area contributed by atoms with E-state index in [2.05, 4.69) is 6.92 Å². The van der Waals surface area contributed by atoms with Crippen molar-refractivity contribution in [1.82, 2.24) is 0 Å². The normalized spacial score (nSPS) is 9.67. The molecule has 0 fully saturated rings. The lowest BCUT2D eigenvalue weighted by molar-refractivity contribution is 1.22. The zero-order chi connectivity index (χ0) is 7.54. The fourth-order valence-electron chi connectivity index (χ4n) is 0.279. The second-order valence-electron chi connectivity index (χ2n) is 1.22. The topological polar surface area (TPSA) is 26.0 Å². The van der Waals surface area contributed by atoms with E-state index in [-0.39, 0.29) is 0 Å². The summed E-state index contributed by atoms with van der Waals surface area (Å²) in [5.74, 6) is 0. The van der Waals surface area contributed by atoms with E-state index in [4.69, 9.17) is 5.73 Å². The van der Waals surface area contributed by atoms with Crippen LogP contribution >= 0.6 is 0 Å². The van der Waals surface area contributed by atoms with Gasteiger partial charge in [-0.3, -0.25) is 0 Å². The predicted octanol–water partition coefficient (Wildman–Crippen LogP) is 2.45. The van der Waals surface area contributed by atoms with Gasteiger partial charge in [-0.05, 0) is 18.7 Å². The van der Waals surface area contributed by atoms with E-state index in [0.29, 0.717) is 0 Å². The Kier molecular flexibility index (Phi) is 19.4. The average molecular weight is 127 g/mol. The van der Waals surface area contributed by atoms with E-state index in [1.54, 1.807) is 0 Å². The molecule has 0 spiro atoms. The molecule has 0 heterocycles. The lowest BCUT2D eigenvalue weighted by Gasteiger charge is -1.70. The highest BCUT2D eigenvalue weighted by Gasteiger charge is 1.57. The maximum Gasteiger partial charge on any atom is -0.00625 e. The Bertz CT molecular complexity index is 72.6. The summed E-state index contributed by atoms with van der Waals surface area (Å²) in [6.45, 7) is 6.08. The van der Waals surface area contributed by atoms with Gasteiger partial charge in [0.25, 0.3) is 0 Å². The van der Waals surface area contributed by atoms with Gasteiger partial charge in [-0.2, -0.15) is 0 Å². The molecule has 0 atom stereocenters. The van der Waals surface area contributed by atoms with Crippen molar-refractivity contribution in [2.45, 2.75) is 27.2 Å². The van der Waals surface area contributed by atoms with Gasteiger partial charge in [0.05, 0.1) is 0 Å². The van der Waals surface area contributed by atoms with Crippen LogP contribution in [0.25, 0.3) is 0 Å². The summed E-state index contributed by atoms with van der Waals surface area (Å²) in [5, 5.41) is 0. The molecule has 54 valence electrons. The monoisotopic (exact) mass is 127 g/mol. The molecule has 0 radical (unpaired) electrons. The van der Waals surface area contributed by atoms with Crippen LogP contribution in [0.1, 0.15) is 27.2 Å². The van der Waals surface area contributed by atoms with Gasteiger partial charge in [0, 0.05) is 0 Å². The summed E-state index contributed by atoms with van der Waals surface area (Å²) in [7, 11) is 0. The van der Waals surface area contributed by atoms with Crippen LogP contribution in [0.3, 0.4) is 0 Å². The first kappa shape index (κ1) is 11.1. The van der Waals surface area contributed by atoms with E-state index in [1.165, 1.54) is 6.20 Å². The molecule has 0 unspecified atom stereocenters. The number of hydrogen-bond acceptors (Lipinski definition) is 1. The fourth-order valence-corrected chi connectivity index (χ4v) is 0.279. The van der Waals surface area contributed by atoms with Gasteiger partial charge in [-0.25, -0.2) is 0 Å². The minimum absolute atomic E-state index is 1.07. The van der Waals surface area contributed by atoms with Gasteiger partial charge >= 0.3 is 0 Å². The Balaban J connectivity index is 0. The van der Waals surface area contributed by atoms with E-state index in [0.717, 1.165) is 6.42 Å². The number of nitrogens with two attached hydrogens (primary N) is 1. The number of hydrogen-bond donors (Lipinski definition) is 1. The second-order valence-corrected chi connectivity index (χ2v) is 1.22. The number of rotatable bonds is 2. The summed E-state index contributed by atoms with van der Waals surface area (Å²) in [5.41, 5.74) is 5.04. The Morgan fingerprint density at radius 2 is 1.78 bits per heavy atom. The quantitative estimate of drug-likeness (QED) is 0.566. The summed E-state index contributed by atoms with van der Waals surface area (Å²) in [4.78, 5) is 0.